The molecule has 0 spiro atoms. The Morgan fingerprint density at radius 2 is 1.83 bits per heavy atom. The minimum absolute atomic E-state index is 0.00603. The first-order valence-electron chi connectivity index (χ1n) is 9.16. The van der Waals surface area contributed by atoms with E-state index < -0.39 is 6.04 Å². The van der Waals surface area contributed by atoms with Crippen LogP contribution in [0.15, 0.2) is 59.6 Å². The summed E-state index contributed by atoms with van der Waals surface area (Å²) >= 11 is 1.20. The molecule has 1 atom stereocenters. The number of aromatic nitrogens is 2. The minimum Gasteiger partial charge on any atom is -0.342 e. The van der Waals surface area contributed by atoms with E-state index in [2.05, 4.69) is 10.3 Å². The molecule has 0 fully saturated rings. The molecule has 29 heavy (non-hydrogen) atoms. The van der Waals surface area contributed by atoms with Gasteiger partial charge in [-0.15, -0.1) is 0 Å². The molecule has 0 saturated heterocycles. The number of nitrogens with one attached hydrogen (secondary N) is 1. The summed E-state index contributed by atoms with van der Waals surface area (Å²) in [5.41, 5.74) is 3.59. The van der Waals surface area contributed by atoms with Crippen LogP contribution in [0.4, 0.5) is 23.1 Å². The third-order valence-corrected chi connectivity index (χ3v) is 5.67. The Labute approximate surface area is 174 Å². The molecule has 1 aromatic heterocycles. The molecule has 8 heteroatoms. The van der Waals surface area contributed by atoms with Gasteiger partial charge >= 0.3 is 0 Å². The predicted molar refractivity (Wildman–Crippen MR) is 118 cm³/mol. The number of carbonyl (C=O) groups is 1. The lowest BCUT2D eigenvalue weighted by Crippen LogP contribution is -2.45. The first-order chi connectivity index (χ1) is 14.0. The molecule has 148 valence electrons. The molecule has 7 nitrogen and oxygen atoms in total. The summed E-state index contributed by atoms with van der Waals surface area (Å²) in [6, 6.07) is 15.2. The van der Waals surface area contributed by atoms with E-state index in [1.54, 1.807) is 18.1 Å². The second kappa shape index (κ2) is 7.73. The number of benzene rings is 2. The summed E-state index contributed by atoms with van der Waals surface area (Å²) in [4.78, 5) is 26.7. The fourth-order valence-electron chi connectivity index (χ4n) is 3.49. The van der Waals surface area contributed by atoms with Gasteiger partial charge in [-0.25, -0.2) is 4.98 Å². The van der Waals surface area contributed by atoms with E-state index in [0.717, 1.165) is 21.7 Å². The minimum atomic E-state index is -0.433. The maximum absolute atomic E-state index is 13.1. The van der Waals surface area contributed by atoms with Gasteiger partial charge in [0.25, 0.3) is 5.91 Å². The molecule has 1 unspecified atom stereocenters. The second-order valence-corrected chi connectivity index (χ2v) is 7.64. The lowest BCUT2D eigenvalue weighted by atomic mass is 9.97. The van der Waals surface area contributed by atoms with Crippen LogP contribution in [0.3, 0.4) is 0 Å². The summed E-state index contributed by atoms with van der Waals surface area (Å²) in [5, 5.41) is 8.79. The van der Waals surface area contributed by atoms with E-state index in [1.807, 2.05) is 67.4 Å². The van der Waals surface area contributed by atoms with Gasteiger partial charge in [-0.2, -0.15) is 4.98 Å². The second-order valence-electron chi connectivity index (χ2n) is 6.94. The van der Waals surface area contributed by atoms with E-state index in [0.29, 0.717) is 17.5 Å². The summed E-state index contributed by atoms with van der Waals surface area (Å²) < 4.78 is 0. The van der Waals surface area contributed by atoms with Gasteiger partial charge < -0.3 is 15.1 Å². The average Bonchev–Trinajstić information content (AvgIpc) is 2.74. The standard InChI is InChI=1S/C21H22N6OS/c1-13-6-4-5-7-16(13)18-20(28)26(2)17-12-23-21(25-19(17)27(18)3)24-14-8-10-15(29-22)11-9-14/h4-12,18H,22H2,1-3H3,(H,23,24,25). The lowest BCUT2D eigenvalue weighted by molar-refractivity contribution is -0.120. The topological polar surface area (TPSA) is 87.4 Å². The van der Waals surface area contributed by atoms with Crippen LogP contribution in [0.2, 0.25) is 0 Å². The largest absolute Gasteiger partial charge is 0.342 e. The number of fused-ring (bicyclic) bond motifs is 1. The number of nitrogens with two attached hydrogens (primary N) is 1. The van der Waals surface area contributed by atoms with Crippen LogP contribution in [0.5, 0.6) is 0 Å². The van der Waals surface area contributed by atoms with Gasteiger partial charge in [0.2, 0.25) is 5.95 Å². The van der Waals surface area contributed by atoms with Crippen molar-refractivity contribution < 1.29 is 4.79 Å². The monoisotopic (exact) mass is 406 g/mol. The van der Waals surface area contributed by atoms with Gasteiger partial charge in [0, 0.05) is 24.7 Å². The smallest absolute Gasteiger partial charge is 0.254 e. The molecule has 2 heterocycles. The van der Waals surface area contributed by atoms with E-state index in [4.69, 9.17) is 10.1 Å². The number of rotatable bonds is 4. The van der Waals surface area contributed by atoms with Gasteiger partial charge in [0.15, 0.2) is 5.82 Å². The van der Waals surface area contributed by atoms with Crippen LogP contribution in [0.1, 0.15) is 17.2 Å². The summed E-state index contributed by atoms with van der Waals surface area (Å²) in [5.74, 6) is 1.16. The summed E-state index contributed by atoms with van der Waals surface area (Å²) in [7, 11) is 3.66. The van der Waals surface area contributed by atoms with Crippen molar-refractivity contribution in [3.8, 4) is 0 Å². The van der Waals surface area contributed by atoms with Crippen molar-refractivity contribution in [2.45, 2.75) is 17.9 Å². The fraction of sp³-hybridized carbons (Fsp3) is 0.190. The van der Waals surface area contributed by atoms with Crippen LogP contribution in [-0.2, 0) is 4.79 Å². The zero-order valence-electron chi connectivity index (χ0n) is 16.5. The number of nitrogens with zero attached hydrogens (tertiary/aromatic N) is 4. The molecule has 3 N–H and O–H groups in total. The van der Waals surface area contributed by atoms with Crippen molar-refractivity contribution >= 4 is 41.0 Å². The Balaban J connectivity index is 1.69. The highest BCUT2D eigenvalue weighted by Gasteiger charge is 2.37. The zero-order valence-corrected chi connectivity index (χ0v) is 17.3. The number of amides is 1. The molecule has 2 aromatic carbocycles. The van der Waals surface area contributed by atoms with Gasteiger partial charge in [-0.05, 0) is 54.3 Å². The molecular formula is C21H22N6OS. The summed E-state index contributed by atoms with van der Waals surface area (Å²) in [6.45, 7) is 2.02. The van der Waals surface area contributed by atoms with Crippen molar-refractivity contribution in [3.05, 3.63) is 65.9 Å². The molecule has 1 amide bonds. The summed E-state index contributed by atoms with van der Waals surface area (Å²) in [6.07, 6.45) is 1.68. The first-order valence-corrected chi connectivity index (χ1v) is 10.0. The Kier molecular flexibility index (Phi) is 5.12. The van der Waals surface area contributed by atoms with E-state index in [1.165, 1.54) is 11.9 Å². The molecule has 0 bridgehead atoms. The average molecular weight is 407 g/mol. The van der Waals surface area contributed by atoms with Crippen LogP contribution in [0, 0.1) is 6.92 Å². The number of aryl methyl sites for hydroxylation is 1. The van der Waals surface area contributed by atoms with Crippen LogP contribution < -0.4 is 20.3 Å². The van der Waals surface area contributed by atoms with Crippen molar-refractivity contribution in [1.29, 1.82) is 0 Å². The number of likely N-dealkylation sites (N-methyl/N-ethyl adjacent to an activating group) is 2. The zero-order chi connectivity index (χ0) is 20.5. The van der Waals surface area contributed by atoms with Crippen LogP contribution in [0.25, 0.3) is 0 Å². The fourth-order valence-corrected chi connectivity index (χ4v) is 3.79. The van der Waals surface area contributed by atoms with Gasteiger partial charge in [0.05, 0.1) is 6.20 Å². The predicted octanol–water partition coefficient (Wildman–Crippen LogP) is 3.65. The number of anilines is 4. The van der Waals surface area contributed by atoms with Crippen molar-refractivity contribution in [3.63, 3.8) is 0 Å². The molecule has 3 aromatic rings. The first kappa shape index (κ1) is 19.2. The third-order valence-electron chi connectivity index (χ3n) is 5.13. The number of hydrogen-bond acceptors (Lipinski definition) is 7. The van der Waals surface area contributed by atoms with Gasteiger partial charge in [-0.3, -0.25) is 9.93 Å². The molecule has 4 rings (SSSR count). The van der Waals surface area contributed by atoms with E-state index in [-0.39, 0.29) is 5.91 Å². The van der Waals surface area contributed by atoms with Crippen LogP contribution in [-0.4, -0.2) is 30.0 Å². The van der Waals surface area contributed by atoms with Crippen molar-refractivity contribution in [2.75, 3.05) is 29.2 Å². The highest BCUT2D eigenvalue weighted by Crippen LogP contribution is 2.39. The number of carbonyl (C=O) groups excluding carboxylic acids is 1. The molecule has 1 aliphatic rings. The highest BCUT2D eigenvalue weighted by atomic mass is 32.2. The van der Waals surface area contributed by atoms with Crippen molar-refractivity contribution in [2.24, 2.45) is 5.14 Å². The highest BCUT2D eigenvalue weighted by molar-refractivity contribution is 7.97. The number of hydrogen-bond donors (Lipinski definition) is 2. The lowest BCUT2D eigenvalue weighted by Gasteiger charge is -2.39. The molecule has 0 radical (unpaired) electrons. The Hall–Kier alpha value is -3.10. The van der Waals surface area contributed by atoms with E-state index in [9.17, 15) is 4.79 Å². The van der Waals surface area contributed by atoms with Crippen LogP contribution >= 0.6 is 11.9 Å². The molecule has 0 aliphatic carbocycles. The van der Waals surface area contributed by atoms with Gasteiger partial charge in [-0.1, -0.05) is 24.3 Å². The third kappa shape index (κ3) is 3.52. The van der Waals surface area contributed by atoms with Gasteiger partial charge in [0.1, 0.15) is 11.7 Å². The Bertz CT molecular complexity index is 1060. The normalized spacial score (nSPS) is 16.0. The maximum Gasteiger partial charge on any atom is 0.254 e. The quantitative estimate of drug-likeness (QED) is 0.640. The Morgan fingerprint density at radius 3 is 2.52 bits per heavy atom. The SMILES string of the molecule is Cc1ccccc1C1C(=O)N(C)c2cnc(Nc3ccc(SN)cc3)nc2N1C. The molecule has 0 saturated carbocycles. The van der Waals surface area contributed by atoms with Crippen molar-refractivity contribution in [1.82, 2.24) is 9.97 Å². The maximum atomic E-state index is 13.1. The molecular weight excluding hydrogens is 384 g/mol. The van der Waals surface area contributed by atoms with E-state index >= 15 is 0 Å². The Morgan fingerprint density at radius 1 is 1.10 bits per heavy atom. The molecule has 1 aliphatic heterocycles.